The second-order valence-electron chi connectivity index (χ2n) is 7.37. The van der Waals surface area contributed by atoms with Crippen LogP contribution in [0.1, 0.15) is 28.3 Å². The van der Waals surface area contributed by atoms with E-state index in [1.165, 1.54) is 35.3 Å². The van der Waals surface area contributed by atoms with Crippen LogP contribution in [0.4, 0.5) is 0 Å². The van der Waals surface area contributed by atoms with Crippen molar-refractivity contribution in [2.45, 2.75) is 26.4 Å². The van der Waals surface area contributed by atoms with Gasteiger partial charge in [-0.25, -0.2) is 0 Å². The van der Waals surface area contributed by atoms with E-state index in [-0.39, 0.29) is 0 Å². The maximum atomic E-state index is 3.80. The van der Waals surface area contributed by atoms with E-state index in [0.717, 1.165) is 26.2 Å². The molecule has 1 aliphatic heterocycles. The molecule has 1 atom stereocenters. The molecule has 3 nitrogen and oxygen atoms in total. The van der Waals surface area contributed by atoms with Gasteiger partial charge in [0.25, 0.3) is 0 Å². The number of rotatable bonds is 6. The Morgan fingerprint density at radius 3 is 2.32 bits per heavy atom. The van der Waals surface area contributed by atoms with Gasteiger partial charge in [-0.05, 0) is 43.1 Å². The minimum absolute atomic E-state index is 0.367. The molecule has 0 saturated carbocycles. The molecule has 0 radical (unpaired) electrons. The lowest BCUT2D eigenvalue weighted by Crippen LogP contribution is -2.47. The van der Waals surface area contributed by atoms with Crippen molar-refractivity contribution >= 4 is 0 Å². The summed E-state index contributed by atoms with van der Waals surface area (Å²) >= 11 is 0. The number of nitrogens with one attached hydrogen (secondary N) is 1. The summed E-state index contributed by atoms with van der Waals surface area (Å²) in [6.07, 6.45) is 0. The van der Waals surface area contributed by atoms with Crippen LogP contribution in [0, 0.1) is 13.8 Å². The van der Waals surface area contributed by atoms with Gasteiger partial charge in [0.1, 0.15) is 0 Å². The average molecular weight is 338 g/mol. The molecule has 1 heterocycles. The van der Waals surface area contributed by atoms with Crippen LogP contribution in [-0.2, 0) is 6.54 Å². The van der Waals surface area contributed by atoms with Crippen molar-refractivity contribution in [3.05, 3.63) is 70.8 Å². The Morgan fingerprint density at radius 2 is 1.64 bits per heavy atom. The Labute approximate surface area is 152 Å². The molecule has 1 aliphatic rings. The number of aryl methyl sites for hydroxylation is 2. The van der Waals surface area contributed by atoms with E-state index in [1.807, 2.05) is 0 Å². The molecule has 0 spiro atoms. The first-order valence-corrected chi connectivity index (χ1v) is 9.37. The third-order valence-electron chi connectivity index (χ3n) is 5.36. The highest BCUT2D eigenvalue weighted by Gasteiger charge is 2.19. The summed E-state index contributed by atoms with van der Waals surface area (Å²) in [4.78, 5) is 5.00. The summed E-state index contributed by atoms with van der Waals surface area (Å²) in [6.45, 7) is 11.0. The fraction of sp³-hybridized carbons (Fsp3) is 0.455. The second kappa shape index (κ2) is 8.61. The van der Waals surface area contributed by atoms with E-state index in [9.17, 15) is 0 Å². The van der Waals surface area contributed by atoms with Crippen LogP contribution in [-0.4, -0.2) is 49.6 Å². The van der Waals surface area contributed by atoms with Crippen molar-refractivity contribution in [2.75, 3.05) is 39.8 Å². The normalized spacial score (nSPS) is 17.6. The van der Waals surface area contributed by atoms with Gasteiger partial charge in [0.2, 0.25) is 0 Å². The Kier molecular flexibility index (Phi) is 6.24. The Bertz CT molecular complexity index is 660. The predicted molar refractivity (Wildman–Crippen MR) is 106 cm³/mol. The zero-order valence-electron chi connectivity index (χ0n) is 15.8. The topological polar surface area (TPSA) is 18.5 Å². The maximum Gasteiger partial charge on any atom is 0.0451 e. The molecule has 134 valence electrons. The van der Waals surface area contributed by atoms with E-state index >= 15 is 0 Å². The number of piperazine rings is 1. The van der Waals surface area contributed by atoms with Gasteiger partial charge in [-0.1, -0.05) is 48.5 Å². The zero-order valence-corrected chi connectivity index (χ0v) is 15.8. The van der Waals surface area contributed by atoms with Crippen molar-refractivity contribution in [3.63, 3.8) is 0 Å². The molecule has 25 heavy (non-hydrogen) atoms. The van der Waals surface area contributed by atoms with E-state index in [4.69, 9.17) is 0 Å². The van der Waals surface area contributed by atoms with Crippen LogP contribution in [0.15, 0.2) is 48.5 Å². The quantitative estimate of drug-likeness (QED) is 0.872. The highest BCUT2D eigenvalue weighted by atomic mass is 15.3. The minimum Gasteiger partial charge on any atom is -0.305 e. The third kappa shape index (κ3) is 5.15. The summed E-state index contributed by atoms with van der Waals surface area (Å²) in [6, 6.07) is 18.0. The number of nitrogens with zero attached hydrogens (tertiary/aromatic N) is 2. The average Bonchev–Trinajstić information content (AvgIpc) is 2.64. The van der Waals surface area contributed by atoms with Gasteiger partial charge in [-0.2, -0.15) is 0 Å². The molecule has 0 aromatic heterocycles. The van der Waals surface area contributed by atoms with E-state index in [2.05, 4.69) is 84.5 Å². The smallest absolute Gasteiger partial charge is 0.0451 e. The maximum absolute atomic E-state index is 3.80. The minimum atomic E-state index is 0.367. The summed E-state index contributed by atoms with van der Waals surface area (Å²) in [5, 5.41) is 3.80. The third-order valence-corrected chi connectivity index (χ3v) is 5.36. The molecule has 3 heteroatoms. The fourth-order valence-electron chi connectivity index (χ4n) is 3.42. The van der Waals surface area contributed by atoms with Crippen LogP contribution >= 0.6 is 0 Å². The van der Waals surface area contributed by atoms with Crippen molar-refractivity contribution in [2.24, 2.45) is 0 Å². The summed E-state index contributed by atoms with van der Waals surface area (Å²) < 4.78 is 0. The first-order valence-electron chi connectivity index (χ1n) is 9.37. The Hall–Kier alpha value is -1.68. The molecule has 2 aromatic carbocycles. The Morgan fingerprint density at radius 1 is 0.920 bits per heavy atom. The molecule has 0 aliphatic carbocycles. The highest BCUT2D eigenvalue weighted by molar-refractivity contribution is 5.30. The van der Waals surface area contributed by atoms with Gasteiger partial charge in [-0.3, -0.25) is 4.90 Å². The van der Waals surface area contributed by atoms with Crippen LogP contribution in [0.2, 0.25) is 0 Å². The molecule has 0 amide bonds. The fourth-order valence-corrected chi connectivity index (χ4v) is 3.42. The molecule has 2 aromatic rings. The molecule has 1 saturated heterocycles. The van der Waals surface area contributed by atoms with E-state index < -0.39 is 0 Å². The first kappa shape index (κ1) is 18.1. The van der Waals surface area contributed by atoms with Crippen molar-refractivity contribution in [1.29, 1.82) is 0 Å². The number of likely N-dealkylation sites (N-methyl/N-ethyl adjacent to an activating group) is 1. The zero-order chi connectivity index (χ0) is 17.6. The number of hydrogen-bond acceptors (Lipinski definition) is 3. The van der Waals surface area contributed by atoms with Gasteiger partial charge in [0.05, 0.1) is 0 Å². The van der Waals surface area contributed by atoms with Crippen molar-refractivity contribution in [1.82, 2.24) is 15.1 Å². The molecule has 1 N–H and O–H groups in total. The van der Waals surface area contributed by atoms with Crippen LogP contribution in [0.25, 0.3) is 0 Å². The van der Waals surface area contributed by atoms with Gasteiger partial charge in [0.15, 0.2) is 0 Å². The molecule has 3 rings (SSSR count). The monoisotopic (exact) mass is 337 g/mol. The predicted octanol–water partition coefficient (Wildman–Crippen LogP) is 3.38. The van der Waals surface area contributed by atoms with Gasteiger partial charge in [-0.15, -0.1) is 0 Å². The van der Waals surface area contributed by atoms with Crippen LogP contribution in [0.3, 0.4) is 0 Å². The highest BCUT2D eigenvalue weighted by Crippen LogP contribution is 2.17. The van der Waals surface area contributed by atoms with E-state index in [0.29, 0.717) is 6.04 Å². The summed E-state index contributed by atoms with van der Waals surface area (Å²) in [5.74, 6) is 0. The Balaban J connectivity index is 1.67. The molecule has 0 bridgehead atoms. The van der Waals surface area contributed by atoms with Gasteiger partial charge >= 0.3 is 0 Å². The molecule has 1 fully saturated rings. The lowest BCUT2D eigenvalue weighted by atomic mass is 10.0. The largest absolute Gasteiger partial charge is 0.305 e. The lowest BCUT2D eigenvalue weighted by molar-refractivity contribution is 0.142. The van der Waals surface area contributed by atoms with Crippen LogP contribution in [0.5, 0.6) is 0 Å². The molecule has 0 unspecified atom stereocenters. The van der Waals surface area contributed by atoms with Gasteiger partial charge < -0.3 is 10.2 Å². The van der Waals surface area contributed by atoms with Gasteiger partial charge in [0, 0.05) is 45.3 Å². The second-order valence-corrected chi connectivity index (χ2v) is 7.37. The van der Waals surface area contributed by atoms with Crippen molar-refractivity contribution < 1.29 is 0 Å². The molecular weight excluding hydrogens is 306 g/mol. The lowest BCUT2D eigenvalue weighted by Gasteiger charge is -2.35. The SMILES string of the molecule is Cc1ccc(CN[C@@H](CN2CCN(C)CC2)c2ccccc2)cc1C. The first-order chi connectivity index (χ1) is 12.1. The summed E-state index contributed by atoms with van der Waals surface area (Å²) in [5.41, 5.74) is 5.48. The number of hydrogen-bond donors (Lipinski definition) is 1. The van der Waals surface area contributed by atoms with Crippen molar-refractivity contribution in [3.8, 4) is 0 Å². The van der Waals surface area contributed by atoms with Crippen LogP contribution < -0.4 is 5.32 Å². The van der Waals surface area contributed by atoms with E-state index in [1.54, 1.807) is 0 Å². The number of benzene rings is 2. The summed E-state index contributed by atoms with van der Waals surface area (Å²) in [7, 11) is 2.21. The molecular formula is C22H31N3. The standard InChI is InChI=1S/C22H31N3/c1-18-9-10-20(15-19(18)2)16-23-22(21-7-5-4-6-8-21)17-25-13-11-24(3)12-14-25/h4-10,15,22-23H,11-14,16-17H2,1-3H3/t22-/m0/s1.